The molecule has 1 aromatic carbocycles. The summed E-state index contributed by atoms with van der Waals surface area (Å²) in [4.78, 5) is 6.39. The number of hydrogen-bond acceptors (Lipinski definition) is 2. The monoisotopic (exact) mass is 293 g/mol. The number of aliphatic imine (C=N–C) groups is 1. The topological polar surface area (TPSA) is 36.9 Å². The van der Waals surface area contributed by atoms with Crippen molar-refractivity contribution in [3.8, 4) is 0 Å². The van der Waals surface area contributed by atoms with Gasteiger partial charge in [0, 0.05) is 39.7 Å². The molecule has 0 aliphatic carbocycles. The van der Waals surface area contributed by atoms with Crippen LogP contribution >= 0.6 is 0 Å². The summed E-state index contributed by atoms with van der Waals surface area (Å²) in [7, 11) is 3.80. The van der Waals surface area contributed by atoms with Crippen molar-refractivity contribution in [3.63, 3.8) is 0 Å². The predicted octanol–water partition coefficient (Wildman–Crippen LogP) is 1.91. The Morgan fingerprint density at radius 3 is 2.95 bits per heavy atom. The van der Waals surface area contributed by atoms with Gasteiger partial charge in [0.1, 0.15) is 5.82 Å². The highest BCUT2D eigenvalue weighted by Gasteiger charge is 2.18. The van der Waals surface area contributed by atoms with Gasteiger partial charge in [-0.25, -0.2) is 4.39 Å². The van der Waals surface area contributed by atoms with Crippen molar-refractivity contribution < 1.29 is 9.13 Å². The van der Waals surface area contributed by atoms with E-state index < -0.39 is 0 Å². The molecule has 0 aromatic heterocycles. The van der Waals surface area contributed by atoms with E-state index in [-0.39, 0.29) is 5.82 Å². The van der Waals surface area contributed by atoms with Gasteiger partial charge in [0.15, 0.2) is 5.96 Å². The third kappa shape index (κ3) is 4.70. The Morgan fingerprint density at radius 1 is 1.48 bits per heavy atom. The zero-order valence-corrected chi connectivity index (χ0v) is 12.8. The molecule has 2 rings (SSSR count). The van der Waals surface area contributed by atoms with Crippen molar-refractivity contribution in [2.45, 2.75) is 12.8 Å². The average Bonchev–Trinajstić information content (AvgIpc) is 2.98. The lowest BCUT2D eigenvalue weighted by atomic mass is 10.1. The molecule has 1 heterocycles. The van der Waals surface area contributed by atoms with Crippen LogP contribution in [0, 0.1) is 11.7 Å². The maximum Gasteiger partial charge on any atom is 0.193 e. The van der Waals surface area contributed by atoms with Gasteiger partial charge in [0.05, 0.1) is 6.61 Å². The van der Waals surface area contributed by atoms with E-state index >= 15 is 0 Å². The van der Waals surface area contributed by atoms with Crippen LogP contribution in [0.25, 0.3) is 0 Å². The fourth-order valence-electron chi connectivity index (χ4n) is 2.60. The summed E-state index contributed by atoms with van der Waals surface area (Å²) in [5.41, 5.74) is 0.729. The molecule has 5 heteroatoms. The van der Waals surface area contributed by atoms with E-state index in [9.17, 15) is 4.39 Å². The SMILES string of the molecule is CN=C(NCCc1ccccc1F)N(C)CC1CCOC1. The molecule has 0 radical (unpaired) electrons. The van der Waals surface area contributed by atoms with E-state index in [2.05, 4.69) is 15.2 Å². The molecule has 1 atom stereocenters. The molecule has 116 valence electrons. The fraction of sp³-hybridized carbons (Fsp3) is 0.562. The quantitative estimate of drug-likeness (QED) is 0.665. The van der Waals surface area contributed by atoms with Crippen molar-refractivity contribution in [1.29, 1.82) is 0 Å². The van der Waals surface area contributed by atoms with Gasteiger partial charge in [-0.2, -0.15) is 0 Å². The number of hydrogen-bond donors (Lipinski definition) is 1. The first kappa shape index (κ1) is 15.8. The zero-order valence-electron chi connectivity index (χ0n) is 12.8. The second-order valence-corrected chi connectivity index (χ2v) is 5.43. The Morgan fingerprint density at radius 2 is 2.29 bits per heavy atom. The Bertz CT molecular complexity index is 472. The van der Waals surface area contributed by atoms with Gasteiger partial charge in [-0.05, 0) is 24.5 Å². The van der Waals surface area contributed by atoms with Gasteiger partial charge in [-0.1, -0.05) is 18.2 Å². The van der Waals surface area contributed by atoms with Crippen LogP contribution in [0.2, 0.25) is 0 Å². The molecular formula is C16H24FN3O. The summed E-state index contributed by atoms with van der Waals surface area (Å²) in [5, 5.41) is 3.29. The van der Waals surface area contributed by atoms with Crippen molar-refractivity contribution in [1.82, 2.24) is 10.2 Å². The molecule has 4 nitrogen and oxygen atoms in total. The molecule has 1 saturated heterocycles. The number of halogens is 1. The van der Waals surface area contributed by atoms with Crippen LogP contribution in [0.15, 0.2) is 29.3 Å². The van der Waals surface area contributed by atoms with E-state index in [1.54, 1.807) is 13.1 Å². The third-order valence-electron chi connectivity index (χ3n) is 3.76. The largest absolute Gasteiger partial charge is 0.381 e. The Kier molecular flexibility index (Phi) is 5.99. The summed E-state index contributed by atoms with van der Waals surface area (Å²) < 4.78 is 18.9. The van der Waals surface area contributed by atoms with Crippen LogP contribution in [-0.4, -0.2) is 51.3 Å². The first-order valence-electron chi connectivity index (χ1n) is 7.43. The van der Waals surface area contributed by atoms with E-state index in [4.69, 9.17) is 4.74 Å². The Hall–Kier alpha value is -1.62. The normalized spacial score (nSPS) is 18.8. The summed E-state index contributed by atoms with van der Waals surface area (Å²) >= 11 is 0. The fourth-order valence-corrected chi connectivity index (χ4v) is 2.60. The summed E-state index contributed by atoms with van der Waals surface area (Å²) in [6.45, 7) is 3.28. The highest BCUT2D eigenvalue weighted by atomic mass is 19.1. The minimum Gasteiger partial charge on any atom is -0.381 e. The van der Waals surface area contributed by atoms with Crippen LogP contribution in [0.5, 0.6) is 0 Å². The molecule has 1 aromatic rings. The minimum atomic E-state index is -0.147. The molecule has 21 heavy (non-hydrogen) atoms. The zero-order chi connectivity index (χ0) is 15.1. The van der Waals surface area contributed by atoms with Gasteiger partial charge in [-0.3, -0.25) is 4.99 Å². The number of rotatable bonds is 5. The molecular weight excluding hydrogens is 269 g/mol. The van der Waals surface area contributed by atoms with Crippen LogP contribution in [0.4, 0.5) is 4.39 Å². The molecule has 1 unspecified atom stereocenters. The summed E-state index contributed by atoms with van der Waals surface area (Å²) in [6, 6.07) is 6.89. The molecule has 1 aliphatic rings. The summed E-state index contributed by atoms with van der Waals surface area (Å²) in [5.74, 6) is 1.27. The average molecular weight is 293 g/mol. The van der Waals surface area contributed by atoms with Crippen LogP contribution in [0.1, 0.15) is 12.0 Å². The molecule has 1 N–H and O–H groups in total. The first-order chi connectivity index (χ1) is 10.2. The van der Waals surface area contributed by atoms with E-state index in [0.29, 0.717) is 18.9 Å². The van der Waals surface area contributed by atoms with Crippen LogP contribution in [0.3, 0.4) is 0 Å². The van der Waals surface area contributed by atoms with Crippen molar-refractivity contribution in [3.05, 3.63) is 35.6 Å². The van der Waals surface area contributed by atoms with E-state index in [0.717, 1.165) is 37.7 Å². The smallest absolute Gasteiger partial charge is 0.193 e. The number of nitrogens with zero attached hydrogens (tertiary/aromatic N) is 2. The number of ether oxygens (including phenoxy) is 1. The Balaban J connectivity index is 1.78. The molecule has 0 spiro atoms. The minimum absolute atomic E-state index is 0.147. The van der Waals surface area contributed by atoms with Gasteiger partial charge in [0.25, 0.3) is 0 Å². The van der Waals surface area contributed by atoms with Crippen molar-refractivity contribution >= 4 is 5.96 Å². The summed E-state index contributed by atoms with van der Waals surface area (Å²) in [6.07, 6.45) is 1.75. The molecule has 1 fully saturated rings. The van der Waals surface area contributed by atoms with Crippen LogP contribution in [-0.2, 0) is 11.2 Å². The second-order valence-electron chi connectivity index (χ2n) is 5.43. The van der Waals surface area contributed by atoms with Gasteiger partial charge >= 0.3 is 0 Å². The van der Waals surface area contributed by atoms with E-state index in [1.807, 2.05) is 19.2 Å². The first-order valence-corrected chi connectivity index (χ1v) is 7.43. The highest BCUT2D eigenvalue weighted by Crippen LogP contribution is 2.13. The van der Waals surface area contributed by atoms with Gasteiger partial charge < -0.3 is 15.0 Å². The molecule has 1 aliphatic heterocycles. The third-order valence-corrected chi connectivity index (χ3v) is 3.76. The maximum atomic E-state index is 13.5. The number of benzene rings is 1. The number of nitrogens with one attached hydrogen (secondary N) is 1. The lowest BCUT2D eigenvalue weighted by Crippen LogP contribution is -2.42. The Labute approximate surface area is 126 Å². The maximum absolute atomic E-state index is 13.5. The highest BCUT2D eigenvalue weighted by molar-refractivity contribution is 5.79. The number of guanidine groups is 1. The molecule has 0 bridgehead atoms. The lowest BCUT2D eigenvalue weighted by molar-refractivity contribution is 0.181. The van der Waals surface area contributed by atoms with Crippen molar-refractivity contribution in [2.24, 2.45) is 10.9 Å². The van der Waals surface area contributed by atoms with E-state index in [1.165, 1.54) is 6.07 Å². The molecule has 0 saturated carbocycles. The second kappa shape index (κ2) is 7.98. The van der Waals surface area contributed by atoms with Gasteiger partial charge in [-0.15, -0.1) is 0 Å². The van der Waals surface area contributed by atoms with Crippen molar-refractivity contribution in [2.75, 3.05) is 40.4 Å². The van der Waals surface area contributed by atoms with Crippen LogP contribution < -0.4 is 5.32 Å². The standard InChI is InChI=1S/C16H24FN3O/c1-18-16(20(2)11-13-8-10-21-12-13)19-9-7-14-5-3-4-6-15(14)17/h3-6,13H,7-12H2,1-2H3,(H,18,19). The predicted molar refractivity (Wildman–Crippen MR) is 83.0 cm³/mol. The lowest BCUT2D eigenvalue weighted by Gasteiger charge is -2.24. The van der Waals surface area contributed by atoms with Gasteiger partial charge in [0.2, 0.25) is 0 Å². The molecule has 0 amide bonds.